The number of rotatable bonds is 9. The molecule has 0 aliphatic carbocycles. The Balaban J connectivity index is 1.97. The van der Waals surface area contributed by atoms with Gasteiger partial charge in [-0.25, -0.2) is 9.59 Å². The summed E-state index contributed by atoms with van der Waals surface area (Å²) in [5, 5.41) is 7.66. The van der Waals surface area contributed by atoms with Crippen LogP contribution >= 0.6 is 0 Å². The monoisotopic (exact) mass is 476 g/mol. The minimum absolute atomic E-state index is 0.0706. The lowest BCUT2D eigenvalue weighted by atomic mass is 10.00. The minimum Gasteiger partial charge on any atom is -0.445 e. The minimum atomic E-state index is -0.930. The molecule has 1 fully saturated rings. The van der Waals surface area contributed by atoms with Gasteiger partial charge in [0.2, 0.25) is 5.91 Å². The molecule has 188 valence electrons. The van der Waals surface area contributed by atoms with Gasteiger partial charge in [0.25, 0.3) is 5.91 Å². The fourth-order valence-electron chi connectivity index (χ4n) is 3.43. The molecule has 0 bridgehead atoms. The van der Waals surface area contributed by atoms with Crippen LogP contribution in [0.1, 0.15) is 39.7 Å². The first-order chi connectivity index (χ1) is 16.2. The van der Waals surface area contributed by atoms with Crippen molar-refractivity contribution < 1.29 is 28.7 Å². The number of carbonyl (C=O) groups is 4. The van der Waals surface area contributed by atoms with E-state index >= 15 is 0 Å². The molecule has 1 unspecified atom stereocenters. The summed E-state index contributed by atoms with van der Waals surface area (Å²) < 4.78 is 10.4. The molecule has 2 atom stereocenters. The van der Waals surface area contributed by atoms with Gasteiger partial charge in [-0.1, -0.05) is 58.0 Å². The number of imide groups is 1. The lowest BCUT2D eigenvalue weighted by Gasteiger charge is -2.28. The summed E-state index contributed by atoms with van der Waals surface area (Å²) in [7, 11) is 0. The van der Waals surface area contributed by atoms with Gasteiger partial charge in [-0.3, -0.25) is 14.9 Å². The number of nitrogens with one attached hydrogen (secondary N) is 3. The predicted octanol–water partition coefficient (Wildman–Crippen LogP) is 2.04. The Kier molecular flexibility index (Phi) is 10.8. The molecule has 3 N–H and O–H groups in total. The molecule has 1 saturated heterocycles. The Morgan fingerprint density at radius 2 is 1.62 bits per heavy atom. The number of nitrogens with zero attached hydrogens (tertiary/aromatic N) is 1. The number of ether oxygens (including phenoxy) is 2. The maximum atomic E-state index is 13.0. The summed E-state index contributed by atoms with van der Waals surface area (Å²) in [5.41, 5.74) is 0.821. The van der Waals surface area contributed by atoms with E-state index in [1.165, 1.54) is 4.90 Å². The maximum absolute atomic E-state index is 13.0. The fourth-order valence-corrected chi connectivity index (χ4v) is 3.43. The van der Waals surface area contributed by atoms with Gasteiger partial charge in [0, 0.05) is 13.1 Å². The number of benzene rings is 1. The average Bonchev–Trinajstić information content (AvgIpc) is 2.81. The van der Waals surface area contributed by atoms with Crippen LogP contribution in [-0.2, 0) is 25.7 Å². The van der Waals surface area contributed by atoms with Crippen molar-refractivity contribution in [2.24, 2.45) is 11.8 Å². The molecule has 0 radical (unpaired) electrons. The SMILES string of the molecule is CC(C)CC(NC(=O)[C@@H](NC(=O)OCc1ccccc1)C(C)C)C(=O)NC(=O)N1CCOCC1. The molecule has 1 aliphatic rings. The zero-order valence-corrected chi connectivity index (χ0v) is 20.3. The molecule has 0 spiro atoms. The smallest absolute Gasteiger partial charge is 0.408 e. The highest BCUT2D eigenvalue weighted by Crippen LogP contribution is 2.09. The molecule has 5 amide bonds. The topological polar surface area (TPSA) is 126 Å². The second-order valence-electron chi connectivity index (χ2n) is 9.01. The van der Waals surface area contributed by atoms with Crippen LogP contribution in [0, 0.1) is 11.8 Å². The van der Waals surface area contributed by atoms with Crippen molar-refractivity contribution in [3.8, 4) is 0 Å². The lowest BCUT2D eigenvalue weighted by molar-refractivity contribution is -0.130. The second kappa shape index (κ2) is 13.5. The molecule has 1 aromatic rings. The van der Waals surface area contributed by atoms with Crippen LogP contribution in [0.15, 0.2) is 30.3 Å². The molecule has 10 nitrogen and oxygen atoms in total. The van der Waals surface area contributed by atoms with E-state index in [1.807, 2.05) is 44.2 Å². The van der Waals surface area contributed by atoms with E-state index in [-0.39, 0.29) is 18.4 Å². The molecular formula is C24H36N4O6. The van der Waals surface area contributed by atoms with Gasteiger partial charge >= 0.3 is 12.1 Å². The normalized spacial score (nSPS) is 15.4. The van der Waals surface area contributed by atoms with E-state index in [4.69, 9.17) is 9.47 Å². The summed E-state index contributed by atoms with van der Waals surface area (Å²) in [6, 6.07) is 6.83. The second-order valence-corrected chi connectivity index (χ2v) is 9.01. The van der Waals surface area contributed by atoms with Crippen LogP contribution < -0.4 is 16.0 Å². The Bertz CT molecular complexity index is 824. The molecule has 0 aromatic heterocycles. The summed E-state index contributed by atoms with van der Waals surface area (Å²) in [6.07, 6.45) is -0.401. The standard InChI is InChI=1S/C24H36N4O6/c1-16(2)14-19(21(29)27-23(31)28-10-12-33-13-11-28)25-22(30)20(17(3)4)26-24(32)34-15-18-8-6-5-7-9-18/h5-9,16-17,19-20H,10-15H2,1-4H3,(H,25,30)(H,26,32)(H,27,29,31)/t19?,20-/m0/s1. The number of urea groups is 1. The van der Waals surface area contributed by atoms with Gasteiger partial charge in [-0.2, -0.15) is 0 Å². The van der Waals surface area contributed by atoms with Gasteiger partial charge in [0.05, 0.1) is 13.2 Å². The Morgan fingerprint density at radius 3 is 2.21 bits per heavy atom. The van der Waals surface area contributed by atoms with Crippen molar-refractivity contribution in [1.29, 1.82) is 0 Å². The van der Waals surface area contributed by atoms with Crippen LogP contribution in [0.3, 0.4) is 0 Å². The first-order valence-corrected chi connectivity index (χ1v) is 11.6. The molecule has 2 rings (SSSR count). The number of hydrogen-bond acceptors (Lipinski definition) is 6. The summed E-state index contributed by atoms with van der Waals surface area (Å²) in [4.78, 5) is 52.0. The molecule has 34 heavy (non-hydrogen) atoms. The van der Waals surface area contributed by atoms with Gasteiger partial charge in [-0.15, -0.1) is 0 Å². The summed E-state index contributed by atoms with van der Waals surface area (Å²) in [5.74, 6) is -1.29. The van der Waals surface area contributed by atoms with Crippen LogP contribution in [-0.4, -0.2) is 67.2 Å². The zero-order chi connectivity index (χ0) is 25.1. The number of carbonyl (C=O) groups excluding carboxylic acids is 4. The van der Waals surface area contributed by atoms with E-state index in [2.05, 4.69) is 16.0 Å². The van der Waals surface area contributed by atoms with E-state index in [9.17, 15) is 19.2 Å². The summed E-state index contributed by atoms with van der Waals surface area (Å²) in [6.45, 7) is 9.07. The quantitative estimate of drug-likeness (QED) is 0.501. The summed E-state index contributed by atoms with van der Waals surface area (Å²) >= 11 is 0. The van der Waals surface area contributed by atoms with Crippen molar-refractivity contribution in [2.75, 3.05) is 26.3 Å². The first-order valence-electron chi connectivity index (χ1n) is 11.6. The lowest BCUT2D eigenvalue weighted by Crippen LogP contribution is -2.57. The van der Waals surface area contributed by atoms with Crippen LogP contribution in [0.2, 0.25) is 0 Å². The third-order valence-electron chi connectivity index (χ3n) is 5.30. The fraction of sp³-hybridized carbons (Fsp3) is 0.583. The Morgan fingerprint density at radius 1 is 0.971 bits per heavy atom. The third-order valence-corrected chi connectivity index (χ3v) is 5.30. The van der Waals surface area contributed by atoms with Crippen LogP contribution in [0.4, 0.5) is 9.59 Å². The van der Waals surface area contributed by atoms with Crippen LogP contribution in [0.25, 0.3) is 0 Å². The highest BCUT2D eigenvalue weighted by atomic mass is 16.5. The molecule has 1 aliphatic heterocycles. The van der Waals surface area contributed by atoms with E-state index in [1.54, 1.807) is 13.8 Å². The number of amides is 5. The first kappa shape index (κ1) is 27.1. The van der Waals surface area contributed by atoms with Crippen molar-refractivity contribution in [1.82, 2.24) is 20.9 Å². The van der Waals surface area contributed by atoms with Gasteiger partial charge in [0.1, 0.15) is 18.7 Å². The molecule has 1 heterocycles. The molecule has 1 aromatic carbocycles. The van der Waals surface area contributed by atoms with Crippen molar-refractivity contribution >= 4 is 23.9 Å². The van der Waals surface area contributed by atoms with E-state index in [0.29, 0.717) is 32.7 Å². The van der Waals surface area contributed by atoms with Crippen molar-refractivity contribution in [3.05, 3.63) is 35.9 Å². The van der Waals surface area contributed by atoms with Crippen molar-refractivity contribution in [2.45, 2.75) is 52.8 Å². The van der Waals surface area contributed by atoms with Crippen LogP contribution in [0.5, 0.6) is 0 Å². The number of hydrogen-bond donors (Lipinski definition) is 3. The zero-order valence-electron chi connectivity index (χ0n) is 20.3. The third kappa shape index (κ3) is 9.01. The maximum Gasteiger partial charge on any atom is 0.408 e. The predicted molar refractivity (Wildman–Crippen MR) is 126 cm³/mol. The van der Waals surface area contributed by atoms with Gasteiger partial charge in [0.15, 0.2) is 0 Å². The highest BCUT2D eigenvalue weighted by Gasteiger charge is 2.31. The van der Waals surface area contributed by atoms with E-state index < -0.39 is 36.0 Å². The van der Waals surface area contributed by atoms with Crippen molar-refractivity contribution in [3.63, 3.8) is 0 Å². The largest absolute Gasteiger partial charge is 0.445 e. The van der Waals surface area contributed by atoms with Gasteiger partial charge in [-0.05, 0) is 23.8 Å². The molecule has 10 heteroatoms. The Labute approximate surface area is 200 Å². The number of alkyl carbamates (subject to hydrolysis) is 1. The molecule has 0 saturated carbocycles. The average molecular weight is 477 g/mol. The van der Waals surface area contributed by atoms with E-state index in [0.717, 1.165) is 5.56 Å². The number of morpholine rings is 1. The Hall–Kier alpha value is -3.14. The molecular weight excluding hydrogens is 440 g/mol. The highest BCUT2D eigenvalue weighted by molar-refractivity contribution is 5.99. The van der Waals surface area contributed by atoms with Gasteiger partial charge < -0.3 is 25.0 Å².